The first-order valence-electron chi connectivity index (χ1n) is 9.69. The highest BCUT2D eigenvalue weighted by Gasteiger charge is 2.22. The fourth-order valence-corrected chi connectivity index (χ4v) is 4.77. The number of carbonyl (C=O) groups is 1. The first-order valence-corrected chi connectivity index (χ1v) is 10.5. The van der Waals surface area contributed by atoms with E-state index in [0.29, 0.717) is 42.4 Å². The van der Waals surface area contributed by atoms with Crippen molar-refractivity contribution in [3.05, 3.63) is 52.7 Å². The minimum absolute atomic E-state index is 0.0179. The van der Waals surface area contributed by atoms with Crippen molar-refractivity contribution in [1.29, 1.82) is 5.26 Å². The van der Waals surface area contributed by atoms with Crippen molar-refractivity contribution in [3.8, 4) is 6.07 Å². The Morgan fingerprint density at radius 2 is 2.13 bits per heavy atom. The van der Waals surface area contributed by atoms with E-state index in [4.69, 9.17) is 4.74 Å². The molecule has 1 aromatic carbocycles. The van der Waals surface area contributed by atoms with Crippen molar-refractivity contribution in [3.63, 3.8) is 0 Å². The summed E-state index contributed by atoms with van der Waals surface area (Å²) in [6, 6.07) is 10.1. The van der Waals surface area contributed by atoms with Crippen LogP contribution in [0.2, 0.25) is 0 Å². The van der Waals surface area contributed by atoms with E-state index in [1.165, 1.54) is 11.3 Å². The number of aryl methyl sites for hydroxylation is 1. The van der Waals surface area contributed by atoms with E-state index >= 15 is 0 Å². The van der Waals surface area contributed by atoms with Gasteiger partial charge in [-0.3, -0.25) is 4.79 Å². The molecule has 1 aliphatic heterocycles. The van der Waals surface area contributed by atoms with Crippen LogP contribution in [0.25, 0.3) is 21.1 Å². The number of carbonyl (C=O) groups excluding carboxylic acids is 1. The number of H-pyrrole nitrogens is 1. The van der Waals surface area contributed by atoms with Crippen molar-refractivity contribution in [1.82, 2.24) is 14.9 Å². The van der Waals surface area contributed by atoms with Gasteiger partial charge in [0.15, 0.2) is 0 Å². The number of aromatic nitrogens is 2. The highest BCUT2D eigenvalue weighted by Crippen LogP contribution is 2.36. The molecule has 1 fully saturated rings. The van der Waals surface area contributed by atoms with Gasteiger partial charge in [-0.05, 0) is 36.8 Å². The molecule has 1 saturated heterocycles. The van der Waals surface area contributed by atoms with E-state index in [-0.39, 0.29) is 5.91 Å². The summed E-state index contributed by atoms with van der Waals surface area (Å²) in [6.45, 7) is 4.34. The number of benzene rings is 1. The Hall–Kier alpha value is -3.41. The van der Waals surface area contributed by atoms with Crippen LogP contribution in [0.3, 0.4) is 0 Å². The smallest absolute Gasteiger partial charge is 0.264 e. The lowest BCUT2D eigenvalue weighted by molar-refractivity contribution is 0.0306. The SMILES string of the molecule is Cc1c(Nc2c(C#N)cnc3sc(C(=O)N4CCOCC4)cc23)ccc2[nH]ccc12. The fraction of sp³-hybridized carbons (Fsp3) is 0.227. The Morgan fingerprint density at radius 3 is 2.93 bits per heavy atom. The minimum Gasteiger partial charge on any atom is -0.378 e. The molecule has 8 heteroatoms. The number of amides is 1. The highest BCUT2D eigenvalue weighted by molar-refractivity contribution is 7.20. The van der Waals surface area contributed by atoms with Crippen LogP contribution in [-0.4, -0.2) is 47.1 Å². The van der Waals surface area contributed by atoms with Crippen LogP contribution in [0, 0.1) is 18.3 Å². The zero-order valence-corrected chi connectivity index (χ0v) is 17.2. The van der Waals surface area contributed by atoms with Gasteiger partial charge in [-0.15, -0.1) is 11.3 Å². The van der Waals surface area contributed by atoms with Gasteiger partial charge in [-0.2, -0.15) is 5.26 Å². The maximum atomic E-state index is 12.9. The maximum absolute atomic E-state index is 12.9. The third-order valence-corrected chi connectivity index (χ3v) is 6.49. The number of thiophene rings is 1. The molecule has 0 aliphatic carbocycles. The number of fused-ring (bicyclic) bond motifs is 2. The van der Waals surface area contributed by atoms with Crippen LogP contribution in [0.15, 0.2) is 36.7 Å². The molecule has 3 aromatic heterocycles. The lowest BCUT2D eigenvalue weighted by Crippen LogP contribution is -2.40. The average molecular weight is 417 g/mol. The summed E-state index contributed by atoms with van der Waals surface area (Å²) < 4.78 is 5.35. The molecule has 0 radical (unpaired) electrons. The number of anilines is 2. The quantitative estimate of drug-likeness (QED) is 0.522. The standard InChI is InChI=1S/C22H19N5O2S/c1-13-15-4-5-24-18(15)3-2-17(13)26-20-14(11-23)12-25-21-16(20)10-19(30-21)22(28)27-6-8-29-9-7-27/h2-5,10,12,24H,6-9H2,1H3,(H,25,26). The zero-order chi connectivity index (χ0) is 20.7. The van der Waals surface area contributed by atoms with Crippen LogP contribution in [-0.2, 0) is 4.74 Å². The van der Waals surface area contributed by atoms with E-state index in [0.717, 1.165) is 32.4 Å². The summed E-state index contributed by atoms with van der Waals surface area (Å²) in [5.74, 6) is -0.0179. The van der Waals surface area contributed by atoms with Gasteiger partial charge in [0.25, 0.3) is 5.91 Å². The molecular weight excluding hydrogens is 398 g/mol. The topological polar surface area (TPSA) is 94.0 Å². The van der Waals surface area contributed by atoms with Gasteiger partial charge in [0.05, 0.1) is 29.3 Å². The predicted molar refractivity (Wildman–Crippen MR) is 117 cm³/mol. The van der Waals surface area contributed by atoms with Crippen LogP contribution in [0.5, 0.6) is 0 Å². The number of aromatic amines is 1. The summed E-state index contributed by atoms with van der Waals surface area (Å²) in [4.78, 5) is 23.7. The number of hydrogen-bond donors (Lipinski definition) is 2. The number of nitrogens with zero attached hydrogens (tertiary/aromatic N) is 3. The number of ether oxygens (including phenoxy) is 1. The summed E-state index contributed by atoms with van der Waals surface area (Å²) in [5, 5.41) is 15.0. The van der Waals surface area contributed by atoms with Crippen molar-refractivity contribution in [2.45, 2.75) is 6.92 Å². The number of hydrogen-bond acceptors (Lipinski definition) is 6. The largest absolute Gasteiger partial charge is 0.378 e. The Bertz CT molecular complexity index is 1310. The Balaban J connectivity index is 1.57. The second-order valence-electron chi connectivity index (χ2n) is 7.19. The lowest BCUT2D eigenvalue weighted by Gasteiger charge is -2.26. The molecule has 1 amide bonds. The van der Waals surface area contributed by atoms with Crippen molar-refractivity contribution in [2.24, 2.45) is 0 Å². The van der Waals surface area contributed by atoms with Gasteiger partial charge < -0.3 is 19.9 Å². The molecule has 5 rings (SSSR count). The Labute approximate surface area is 176 Å². The minimum atomic E-state index is -0.0179. The maximum Gasteiger partial charge on any atom is 0.264 e. The molecule has 0 unspecified atom stereocenters. The Morgan fingerprint density at radius 1 is 1.30 bits per heavy atom. The molecule has 0 atom stereocenters. The summed E-state index contributed by atoms with van der Waals surface area (Å²) >= 11 is 1.35. The van der Waals surface area contributed by atoms with Gasteiger partial charge in [0.2, 0.25) is 0 Å². The van der Waals surface area contributed by atoms with Crippen molar-refractivity contribution in [2.75, 3.05) is 31.6 Å². The van der Waals surface area contributed by atoms with Gasteiger partial charge in [-0.1, -0.05) is 0 Å². The molecule has 4 aromatic rings. The first-order chi connectivity index (χ1) is 14.7. The monoisotopic (exact) mass is 417 g/mol. The number of morpholine rings is 1. The molecule has 0 spiro atoms. The molecule has 4 heterocycles. The summed E-state index contributed by atoms with van der Waals surface area (Å²) in [7, 11) is 0. The van der Waals surface area contributed by atoms with E-state index in [1.807, 2.05) is 37.4 Å². The third kappa shape index (κ3) is 3.09. The third-order valence-electron chi connectivity index (χ3n) is 5.45. The van der Waals surface area contributed by atoms with E-state index in [2.05, 4.69) is 21.4 Å². The van der Waals surface area contributed by atoms with Crippen LogP contribution < -0.4 is 5.32 Å². The number of pyridine rings is 1. The van der Waals surface area contributed by atoms with Crippen LogP contribution in [0.4, 0.5) is 11.4 Å². The van der Waals surface area contributed by atoms with Crippen molar-refractivity contribution < 1.29 is 9.53 Å². The van der Waals surface area contributed by atoms with E-state index in [9.17, 15) is 10.1 Å². The molecule has 30 heavy (non-hydrogen) atoms. The van der Waals surface area contributed by atoms with Gasteiger partial charge in [0, 0.05) is 47.5 Å². The second kappa shape index (κ2) is 7.44. The highest BCUT2D eigenvalue weighted by atomic mass is 32.1. The van der Waals surface area contributed by atoms with E-state index < -0.39 is 0 Å². The molecule has 150 valence electrons. The lowest BCUT2D eigenvalue weighted by atomic mass is 10.1. The molecule has 0 bridgehead atoms. The first kappa shape index (κ1) is 18.6. The average Bonchev–Trinajstić information content (AvgIpc) is 3.43. The molecule has 1 aliphatic rings. The number of nitrogens with one attached hydrogen (secondary N) is 2. The van der Waals surface area contributed by atoms with Crippen molar-refractivity contribution >= 4 is 49.7 Å². The fourth-order valence-electron chi connectivity index (χ4n) is 3.79. The zero-order valence-electron chi connectivity index (χ0n) is 16.4. The van der Waals surface area contributed by atoms with Gasteiger partial charge in [0.1, 0.15) is 10.9 Å². The van der Waals surface area contributed by atoms with Crippen LogP contribution >= 0.6 is 11.3 Å². The van der Waals surface area contributed by atoms with E-state index in [1.54, 1.807) is 11.1 Å². The molecule has 0 saturated carbocycles. The normalized spacial score (nSPS) is 14.2. The molecular formula is C22H19N5O2S. The predicted octanol–water partition coefficient (Wildman–Crippen LogP) is 4.17. The molecule has 7 nitrogen and oxygen atoms in total. The number of nitriles is 1. The van der Waals surface area contributed by atoms with Gasteiger partial charge >= 0.3 is 0 Å². The summed E-state index contributed by atoms with van der Waals surface area (Å²) in [6.07, 6.45) is 3.48. The van der Waals surface area contributed by atoms with Crippen LogP contribution in [0.1, 0.15) is 20.8 Å². The van der Waals surface area contributed by atoms with Gasteiger partial charge in [-0.25, -0.2) is 4.98 Å². The number of rotatable bonds is 3. The molecule has 2 N–H and O–H groups in total. The second-order valence-corrected chi connectivity index (χ2v) is 8.23. The summed E-state index contributed by atoms with van der Waals surface area (Å²) in [5.41, 5.74) is 4.19. The Kier molecular flexibility index (Phi) is 4.62.